The van der Waals surface area contributed by atoms with Gasteiger partial charge in [0.15, 0.2) is 0 Å². The van der Waals surface area contributed by atoms with Crippen LogP contribution in [0.2, 0.25) is 0 Å². The van der Waals surface area contributed by atoms with E-state index in [4.69, 9.17) is 5.26 Å². The van der Waals surface area contributed by atoms with Crippen molar-refractivity contribution in [3.8, 4) is 6.07 Å². The highest BCUT2D eigenvalue weighted by atomic mass is 19.4. The van der Waals surface area contributed by atoms with Crippen LogP contribution in [0, 0.1) is 17.1 Å². The predicted molar refractivity (Wildman–Crippen MR) is 72.5 cm³/mol. The Morgan fingerprint density at radius 3 is 2.52 bits per heavy atom. The number of rotatable bonds is 3. The minimum Gasteiger partial charge on any atom is -0.334 e. The first-order valence-corrected chi connectivity index (χ1v) is 6.39. The van der Waals surface area contributed by atoms with Crippen LogP contribution in [-0.4, -0.2) is 29.8 Å². The number of nitriles is 1. The molecular formula is C14H13F4N3O2. The van der Waals surface area contributed by atoms with E-state index < -0.39 is 35.4 Å². The van der Waals surface area contributed by atoms with Crippen LogP contribution in [0.15, 0.2) is 18.2 Å². The van der Waals surface area contributed by atoms with Crippen LogP contribution in [0.5, 0.6) is 0 Å². The van der Waals surface area contributed by atoms with E-state index in [0.717, 1.165) is 11.0 Å². The van der Waals surface area contributed by atoms with Crippen LogP contribution in [0.1, 0.15) is 18.9 Å². The average molecular weight is 331 g/mol. The van der Waals surface area contributed by atoms with Crippen molar-refractivity contribution in [2.45, 2.75) is 25.6 Å². The Labute approximate surface area is 129 Å². The second kappa shape index (κ2) is 7.09. The van der Waals surface area contributed by atoms with Crippen molar-refractivity contribution < 1.29 is 27.2 Å². The standard InChI is InChI=1S/C14H13F4N3O2/c1-8(5-6-19)21(2)13(23)12(22)20-9-3-4-11(15)10(7-9)14(16,17)18/h3-4,7-8H,5H2,1-2H3,(H,20,22). The number of amides is 2. The van der Waals surface area contributed by atoms with Crippen molar-refractivity contribution in [3.05, 3.63) is 29.6 Å². The fourth-order valence-electron chi connectivity index (χ4n) is 1.63. The SMILES string of the molecule is CC(CC#N)N(C)C(=O)C(=O)Nc1ccc(F)c(C(F)(F)F)c1. The molecule has 23 heavy (non-hydrogen) atoms. The minimum atomic E-state index is -4.92. The summed E-state index contributed by atoms with van der Waals surface area (Å²) in [6, 6.07) is 3.15. The van der Waals surface area contributed by atoms with Crippen LogP contribution in [0.25, 0.3) is 0 Å². The molecule has 0 bridgehead atoms. The number of benzene rings is 1. The minimum absolute atomic E-state index is 0.00963. The topological polar surface area (TPSA) is 73.2 Å². The van der Waals surface area contributed by atoms with E-state index in [1.165, 1.54) is 14.0 Å². The highest BCUT2D eigenvalue weighted by Gasteiger charge is 2.34. The maximum absolute atomic E-state index is 13.1. The lowest BCUT2D eigenvalue weighted by atomic mass is 10.1. The number of nitrogens with zero attached hydrogens (tertiary/aromatic N) is 2. The fourth-order valence-corrected chi connectivity index (χ4v) is 1.63. The molecule has 1 atom stereocenters. The molecule has 1 unspecified atom stereocenters. The van der Waals surface area contributed by atoms with E-state index >= 15 is 0 Å². The first-order chi connectivity index (χ1) is 10.6. The van der Waals surface area contributed by atoms with E-state index in [1.807, 2.05) is 11.4 Å². The van der Waals surface area contributed by atoms with Gasteiger partial charge in [0.05, 0.1) is 18.1 Å². The first kappa shape index (κ1) is 18.4. The largest absolute Gasteiger partial charge is 0.419 e. The summed E-state index contributed by atoms with van der Waals surface area (Å²) >= 11 is 0. The van der Waals surface area contributed by atoms with E-state index in [9.17, 15) is 27.2 Å². The molecule has 124 valence electrons. The molecule has 0 aliphatic heterocycles. The number of halogens is 4. The Bertz CT molecular complexity index is 652. The Kier molecular flexibility index (Phi) is 5.68. The molecule has 1 aromatic rings. The van der Waals surface area contributed by atoms with Gasteiger partial charge in [-0.25, -0.2) is 4.39 Å². The smallest absolute Gasteiger partial charge is 0.334 e. The predicted octanol–water partition coefficient (Wildman–Crippen LogP) is 2.54. The van der Waals surface area contributed by atoms with Crippen LogP contribution in [-0.2, 0) is 15.8 Å². The second-order valence-electron chi connectivity index (χ2n) is 4.77. The number of carbonyl (C=O) groups is 2. The molecule has 0 aromatic heterocycles. The quantitative estimate of drug-likeness (QED) is 0.683. The van der Waals surface area contributed by atoms with Gasteiger partial charge in [0.25, 0.3) is 0 Å². The number of hydrogen-bond donors (Lipinski definition) is 1. The molecule has 0 fully saturated rings. The number of alkyl halides is 3. The summed E-state index contributed by atoms with van der Waals surface area (Å²) < 4.78 is 50.9. The van der Waals surface area contributed by atoms with Crippen LogP contribution < -0.4 is 5.32 Å². The first-order valence-electron chi connectivity index (χ1n) is 6.39. The molecule has 0 heterocycles. The molecule has 0 spiro atoms. The van der Waals surface area contributed by atoms with Crippen molar-refractivity contribution in [2.24, 2.45) is 0 Å². The van der Waals surface area contributed by atoms with Gasteiger partial charge in [0, 0.05) is 18.8 Å². The molecule has 1 aromatic carbocycles. The second-order valence-corrected chi connectivity index (χ2v) is 4.77. The molecule has 0 radical (unpaired) electrons. The van der Waals surface area contributed by atoms with Crippen molar-refractivity contribution >= 4 is 17.5 Å². The zero-order chi connectivity index (χ0) is 17.8. The van der Waals surface area contributed by atoms with Gasteiger partial charge < -0.3 is 10.2 Å². The summed E-state index contributed by atoms with van der Waals surface area (Å²) in [6.45, 7) is 1.54. The van der Waals surface area contributed by atoms with Crippen molar-refractivity contribution in [3.63, 3.8) is 0 Å². The average Bonchev–Trinajstić information content (AvgIpc) is 2.46. The van der Waals surface area contributed by atoms with Gasteiger partial charge in [-0.15, -0.1) is 0 Å². The molecule has 1 rings (SSSR count). The molecule has 9 heteroatoms. The maximum atomic E-state index is 13.1. The fraction of sp³-hybridized carbons (Fsp3) is 0.357. The molecular weight excluding hydrogens is 318 g/mol. The number of hydrogen-bond acceptors (Lipinski definition) is 3. The number of nitrogens with one attached hydrogen (secondary N) is 1. The highest BCUT2D eigenvalue weighted by Crippen LogP contribution is 2.32. The van der Waals surface area contributed by atoms with Gasteiger partial charge in [-0.1, -0.05) is 0 Å². The zero-order valence-electron chi connectivity index (χ0n) is 12.2. The van der Waals surface area contributed by atoms with E-state index in [1.54, 1.807) is 0 Å². The third-order valence-electron chi connectivity index (χ3n) is 3.09. The van der Waals surface area contributed by atoms with Crippen LogP contribution in [0.3, 0.4) is 0 Å². The summed E-state index contributed by atoms with van der Waals surface area (Å²) in [5, 5.41) is 10.5. The van der Waals surface area contributed by atoms with Crippen molar-refractivity contribution in [1.82, 2.24) is 4.90 Å². The molecule has 2 amide bonds. The lowest BCUT2D eigenvalue weighted by Crippen LogP contribution is -2.42. The van der Waals surface area contributed by atoms with E-state index in [2.05, 4.69) is 0 Å². The summed E-state index contributed by atoms with van der Waals surface area (Å²) in [5.41, 5.74) is -1.91. The van der Waals surface area contributed by atoms with E-state index in [-0.39, 0.29) is 12.1 Å². The Balaban J connectivity index is 2.90. The summed E-state index contributed by atoms with van der Waals surface area (Å²) in [7, 11) is 1.29. The third-order valence-corrected chi connectivity index (χ3v) is 3.09. The molecule has 0 aliphatic rings. The molecule has 0 saturated carbocycles. The third kappa shape index (κ3) is 4.67. The van der Waals surface area contributed by atoms with Gasteiger partial charge in [-0.3, -0.25) is 9.59 Å². The molecule has 5 nitrogen and oxygen atoms in total. The van der Waals surface area contributed by atoms with Gasteiger partial charge in [-0.05, 0) is 25.1 Å². The summed E-state index contributed by atoms with van der Waals surface area (Å²) in [6.07, 6.45) is -4.93. The van der Waals surface area contributed by atoms with Gasteiger partial charge >= 0.3 is 18.0 Å². The summed E-state index contributed by atoms with van der Waals surface area (Å²) in [4.78, 5) is 24.6. The molecule has 1 N–H and O–H groups in total. The molecule has 0 aliphatic carbocycles. The lowest BCUT2D eigenvalue weighted by Gasteiger charge is -2.22. The van der Waals surface area contributed by atoms with Gasteiger partial charge in [-0.2, -0.15) is 18.4 Å². The Hall–Kier alpha value is -2.63. The maximum Gasteiger partial charge on any atom is 0.419 e. The highest BCUT2D eigenvalue weighted by molar-refractivity contribution is 6.39. The molecule has 0 saturated heterocycles. The van der Waals surface area contributed by atoms with E-state index in [0.29, 0.717) is 12.1 Å². The zero-order valence-corrected chi connectivity index (χ0v) is 12.2. The van der Waals surface area contributed by atoms with Crippen molar-refractivity contribution in [1.29, 1.82) is 5.26 Å². The lowest BCUT2D eigenvalue weighted by molar-refractivity contribution is -0.143. The van der Waals surface area contributed by atoms with Gasteiger partial charge in [0.2, 0.25) is 0 Å². The number of likely N-dealkylation sites (N-methyl/N-ethyl adjacent to an activating group) is 1. The number of anilines is 1. The monoisotopic (exact) mass is 331 g/mol. The van der Waals surface area contributed by atoms with Crippen molar-refractivity contribution in [2.75, 3.05) is 12.4 Å². The normalized spacial score (nSPS) is 12.2. The van der Waals surface area contributed by atoms with Gasteiger partial charge in [0.1, 0.15) is 5.82 Å². The number of carbonyl (C=O) groups excluding carboxylic acids is 2. The van der Waals surface area contributed by atoms with Crippen LogP contribution >= 0.6 is 0 Å². The van der Waals surface area contributed by atoms with Crippen LogP contribution in [0.4, 0.5) is 23.2 Å². The Morgan fingerprint density at radius 2 is 2.00 bits per heavy atom. The summed E-state index contributed by atoms with van der Waals surface area (Å²) in [5.74, 6) is -3.69. The Morgan fingerprint density at radius 1 is 1.39 bits per heavy atom.